The second-order valence-corrected chi connectivity index (χ2v) is 9.37. The number of pyridine rings is 2. The van der Waals surface area contributed by atoms with Crippen molar-refractivity contribution in [3.63, 3.8) is 0 Å². The molecule has 5 nitrogen and oxygen atoms in total. The van der Waals surface area contributed by atoms with Gasteiger partial charge >= 0.3 is 0 Å². The van der Waals surface area contributed by atoms with E-state index in [1.807, 2.05) is 36.5 Å². The Morgan fingerprint density at radius 3 is 2.59 bits per heavy atom. The highest BCUT2D eigenvalue weighted by molar-refractivity contribution is 7.92. The Morgan fingerprint density at radius 2 is 1.81 bits per heavy atom. The molecule has 2 aromatic heterocycles. The first-order chi connectivity index (χ1) is 13.1. The topological polar surface area (TPSA) is 63.2 Å². The van der Waals surface area contributed by atoms with E-state index in [1.54, 1.807) is 24.7 Å². The fraction of sp³-hybridized carbons (Fsp3) is 0.238. The van der Waals surface area contributed by atoms with Crippen LogP contribution in [-0.4, -0.2) is 41.6 Å². The van der Waals surface area contributed by atoms with Crippen LogP contribution in [0.15, 0.2) is 72.1 Å². The number of likely N-dealkylation sites (tertiary alicyclic amines) is 1. The second-order valence-electron chi connectivity index (χ2n) is 7.23. The molecule has 1 aromatic carbocycles. The third kappa shape index (κ3) is 2.76. The molecule has 3 aromatic rings. The summed E-state index contributed by atoms with van der Waals surface area (Å²) in [4.78, 5) is 11.0. The Labute approximate surface area is 158 Å². The van der Waals surface area contributed by atoms with Gasteiger partial charge in [-0.2, -0.15) is 0 Å². The lowest BCUT2D eigenvalue weighted by atomic mass is 9.95. The molecule has 2 atom stereocenters. The van der Waals surface area contributed by atoms with Crippen LogP contribution in [0, 0.1) is 0 Å². The average molecular weight is 377 g/mol. The zero-order valence-electron chi connectivity index (χ0n) is 14.7. The van der Waals surface area contributed by atoms with E-state index in [0.29, 0.717) is 11.4 Å². The van der Waals surface area contributed by atoms with Crippen LogP contribution < -0.4 is 0 Å². The van der Waals surface area contributed by atoms with Crippen LogP contribution in [0.3, 0.4) is 0 Å². The fourth-order valence-corrected chi connectivity index (χ4v) is 6.52. The van der Waals surface area contributed by atoms with E-state index in [9.17, 15) is 8.42 Å². The van der Waals surface area contributed by atoms with Gasteiger partial charge in [0.1, 0.15) is 0 Å². The van der Waals surface area contributed by atoms with Crippen molar-refractivity contribution in [1.82, 2.24) is 14.9 Å². The second kappa shape index (κ2) is 6.25. The van der Waals surface area contributed by atoms with Gasteiger partial charge in [0.25, 0.3) is 0 Å². The number of nitrogens with zero attached hydrogens (tertiary/aromatic N) is 3. The van der Waals surface area contributed by atoms with Crippen LogP contribution in [0.25, 0.3) is 11.1 Å². The predicted octanol–water partition coefficient (Wildman–Crippen LogP) is 2.90. The lowest BCUT2D eigenvalue weighted by Gasteiger charge is -2.17. The van der Waals surface area contributed by atoms with E-state index in [4.69, 9.17) is 0 Å². The number of fused-ring (bicyclic) bond motifs is 3. The third-order valence-electron chi connectivity index (χ3n) is 5.60. The van der Waals surface area contributed by atoms with Crippen LogP contribution in [0.5, 0.6) is 0 Å². The standard InChI is InChI=1S/C21H19N3O2S/c25-27(26)20-4-3-17(16-5-8-22-9-6-16)10-18(20)19-13-24(14-21(19)27)12-15-2-1-7-23-11-15/h1-11,19,21H,12-14H2/t19-,21+/m0/s1. The van der Waals surface area contributed by atoms with Crippen molar-refractivity contribution in [2.45, 2.75) is 22.6 Å². The van der Waals surface area contributed by atoms with E-state index >= 15 is 0 Å². The molecule has 0 aliphatic carbocycles. The minimum atomic E-state index is -3.28. The van der Waals surface area contributed by atoms with Gasteiger partial charge in [0.2, 0.25) is 0 Å². The maximum absolute atomic E-state index is 13.1. The molecular formula is C21H19N3O2S. The van der Waals surface area contributed by atoms with Crippen molar-refractivity contribution >= 4 is 9.84 Å². The van der Waals surface area contributed by atoms with Crippen molar-refractivity contribution in [1.29, 1.82) is 0 Å². The molecule has 5 rings (SSSR count). The number of rotatable bonds is 3. The smallest absolute Gasteiger partial charge is 0.183 e. The van der Waals surface area contributed by atoms with Crippen LogP contribution >= 0.6 is 0 Å². The number of hydrogen-bond donors (Lipinski definition) is 0. The van der Waals surface area contributed by atoms with Gasteiger partial charge in [-0.1, -0.05) is 12.1 Å². The van der Waals surface area contributed by atoms with E-state index in [-0.39, 0.29) is 11.2 Å². The van der Waals surface area contributed by atoms with Crippen LogP contribution in [-0.2, 0) is 16.4 Å². The predicted molar refractivity (Wildman–Crippen MR) is 103 cm³/mol. The highest BCUT2D eigenvalue weighted by Gasteiger charge is 2.50. The SMILES string of the molecule is O=S1(=O)c2ccc(-c3ccncc3)cc2[C@@H]2CN(Cc3cccnc3)C[C@H]21. The van der Waals surface area contributed by atoms with Crippen molar-refractivity contribution in [3.8, 4) is 11.1 Å². The first kappa shape index (κ1) is 16.6. The Hall–Kier alpha value is -2.57. The normalized spacial score (nSPS) is 23.1. The van der Waals surface area contributed by atoms with Gasteiger partial charge in [0.15, 0.2) is 9.84 Å². The van der Waals surface area contributed by atoms with E-state index in [0.717, 1.165) is 35.3 Å². The number of aromatic nitrogens is 2. The van der Waals surface area contributed by atoms with Gasteiger partial charge in [-0.05, 0) is 52.6 Å². The molecule has 136 valence electrons. The van der Waals surface area contributed by atoms with Crippen molar-refractivity contribution in [2.24, 2.45) is 0 Å². The quantitative estimate of drug-likeness (QED) is 0.702. The molecule has 0 unspecified atom stereocenters. The summed E-state index contributed by atoms with van der Waals surface area (Å²) in [5, 5.41) is -0.350. The summed E-state index contributed by atoms with van der Waals surface area (Å²) in [5.74, 6) is 0.0310. The number of sulfone groups is 1. The van der Waals surface area contributed by atoms with Crippen molar-refractivity contribution < 1.29 is 8.42 Å². The molecule has 2 aliphatic rings. The summed E-state index contributed by atoms with van der Waals surface area (Å²) in [6.45, 7) is 2.06. The van der Waals surface area contributed by atoms with Crippen LogP contribution in [0.4, 0.5) is 0 Å². The lowest BCUT2D eigenvalue weighted by molar-refractivity contribution is 0.325. The van der Waals surface area contributed by atoms with E-state index < -0.39 is 9.84 Å². The molecule has 1 fully saturated rings. The first-order valence-corrected chi connectivity index (χ1v) is 10.6. The van der Waals surface area contributed by atoms with Crippen molar-refractivity contribution in [3.05, 3.63) is 78.4 Å². The Kier molecular flexibility index (Phi) is 3.84. The minimum Gasteiger partial charge on any atom is -0.297 e. The minimum absolute atomic E-state index is 0.0310. The lowest BCUT2D eigenvalue weighted by Crippen LogP contribution is -2.25. The zero-order valence-corrected chi connectivity index (χ0v) is 15.5. The van der Waals surface area contributed by atoms with Gasteiger partial charge in [0.05, 0.1) is 10.1 Å². The molecule has 0 saturated carbocycles. The molecule has 0 bridgehead atoms. The molecule has 0 spiro atoms. The highest BCUT2D eigenvalue weighted by Crippen LogP contribution is 2.46. The number of hydrogen-bond acceptors (Lipinski definition) is 5. The zero-order chi connectivity index (χ0) is 18.4. The summed E-state index contributed by atoms with van der Waals surface area (Å²) in [6, 6.07) is 13.6. The molecule has 1 saturated heterocycles. The molecule has 27 heavy (non-hydrogen) atoms. The molecule has 4 heterocycles. The molecule has 0 amide bonds. The van der Waals surface area contributed by atoms with Gasteiger partial charge in [-0.15, -0.1) is 0 Å². The largest absolute Gasteiger partial charge is 0.297 e. The molecular weight excluding hydrogens is 358 g/mol. The maximum Gasteiger partial charge on any atom is 0.183 e. The summed E-state index contributed by atoms with van der Waals surface area (Å²) in [7, 11) is -3.28. The molecule has 2 aliphatic heterocycles. The summed E-state index contributed by atoms with van der Waals surface area (Å²) in [6.07, 6.45) is 7.11. The Balaban J connectivity index is 1.49. The fourth-order valence-electron chi connectivity index (χ4n) is 4.33. The summed E-state index contributed by atoms with van der Waals surface area (Å²) in [5.41, 5.74) is 4.17. The van der Waals surface area contributed by atoms with Gasteiger partial charge in [0, 0.05) is 50.3 Å². The first-order valence-electron chi connectivity index (χ1n) is 9.02. The monoisotopic (exact) mass is 377 g/mol. The average Bonchev–Trinajstić information content (AvgIpc) is 3.21. The van der Waals surface area contributed by atoms with Crippen molar-refractivity contribution in [2.75, 3.05) is 13.1 Å². The van der Waals surface area contributed by atoms with Gasteiger partial charge in [-0.3, -0.25) is 14.9 Å². The highest BCUT2D eigenvalue weighted by atomic mass is 32.2. The van der Waals surface area contributed by atoms with E-state index in [2.05, 4.69) is 20.9 Å². The number of benzene rings is 1. The summed E-state index contributed by atoms with van der Waals surface area (Å²) >= 11 is 0. The van der Waals surface area contributed by atoms with Crippen LogP contribution in [0.1, 0.15) is 17.0 Å². The summed E-state index contributed by atoms with van der Waals surface area (Å²) < 4.78 is 26.1. The van der Waals surface area contributed by atoms with Gasteiger partial charge in [-0.25, -0.2) is 8.42 Å². The Morgan fingerprint density at radius 1 is 0.963 bits per heavy atom. The molecule has 0 N–H and O–H groups in total. The molecule has 0 radical (unpaired) electrons. The molecule has 6 heteroatoms. The maximum atomic E-state index is 13.1. The Bertz CT molecular complexity index is 1080. The third-order valence-corrected chi connectivity index (χ3v) is 7.86. The van der Waals surface area contributed by atoms with E-state index in [1.165, 1.54) is 0 Å². The van der Waals surface area contributed by atoms with Crippen LogP contribution in [0.2, 0.25) is 0 Å². The van der Waals surface area contributed by atoms with Gasteiger partial charge < -0.3 is 0 Å².